The number of aliphatic hydroxyl groups excluding tert-OH is 2. The highest BCUT2D eigenvalue weighted by Gasteiger charge is 2.63. The predicted molar refractivity (Wildman–Crippen MR) is 151 cm³/mol. The van der Waals surface area contributed by atoms with Gasteiger partial charge < -0.3 is 20.1 Å². The molecule has 0 aromatic carbocycles. The number of ether oxygens (including phenoxy) is 1. The van der Waals surface area contributed by atoms with E-state index in [1.165, 1.54) is 12.5 Å². The van der Waals surface area contributed by atoms with E-state index in [9.17, 15) is 24.9 Å². The van der Waals surface area contributed by atoms with E-state index < -0.39 is 17.1 Å². The van der Waals surface area contributed by atoms with Crippen LogP contribution >= 0.6 is 0 Å². The zero-order valence-corrected chi connectivity index (χ0v) is 24.0. The smallest absolute Gasteiger partial charge is 0.302 e. The molecular formula is C32H48O6. The minimum Gasteiger partial charge on any atom is -0.461 e. The predicted octanol–water partition coefficient (Wildman–Crippen LogP) is 5.54. The van der Waals surface area contributed by atoms with Gasteiger partial charge in [-0.3, -0.25) is 9.59 Å². The summed E-state index contributed by atoms with van der Waals surface area (Å²) < 4.78 is 5.22. The maximum atomic E-state index is 11.8. The van der Waals surface area contributed by atoms with Crippen molar-refractivity contribution in [2.45, 2.75) is 97.7 Å². The van der Waals surface area contributed by atoms with Crippen LogP contribution in [0.4, 0.5) is 0 Å². The average Bonchev–Trinajstić information content (AvgIpc) is 3.20. The van der Waals surface area contributed by atoms with E-state index in [2.05, 4.69) is 26.5 Å². The summed E-state index contributed by atoms with van der Waals surface area (Å²) in [7, 11) is 0. The van der Waals surface area contributed by atoms with Gasteiger partial charge in [0.1, 0.15) is 12.9 Å². The van der Waals surface area contributed by atoms with E-state index in [0.717, 1.165) is 35.8 Å². The monoisotopic (exact) mass is 528 g/mol. The summed E-state index contributed by atoms with van der Waals surface area (Å²) in [5.74, 6) is -0.744. The molecule has 0 heterocycles. The highest BCUT2D eigenvalue weighted by atomic mass is 16.5. The molecule has 2 rings (SSSR count). The molecule has 0 aromatic heterocycles. The number of carbonyl (C=O) groups excluding carboxylic acids is 2. The summed E-state index contributed by atoms with van der Waals surface area (Å²) >= 11 is 0. The van der Waals surface area contributed by atoms with Crippen LogP contribution in [-0.2, 0) is 14.3 Å². The van der Waals surface area contributed by atoms with Gasteiger partial charge >= 0.3 is 5.97 Å². The SMILES string of the molecule is C=C(/C=C/C=C(/CCC=C(C)C)COC(C)=O)[C@H]1CC[C@]2([C@H](CCCO)/C(=C(/C)C=O)CC[C@]2(C)O)[C@H]1O. The van der Waals surface area contributed by atoms with Gasteiger partial charge in [-0.1, -0.05) is 42.0 Å². The number of hydrogen-bond acceptors (Lipinski definition) is 6. The van der Waals surface area contributed by atoms with Gasteiger partial charge in [0.15, 0.2) is 0 Å². The molecule has 0 unspecified atom stereocenters. The van der Waals surface area contributed by atoms with Gasteiger partial charge in [-0.25, -0.2) is 0 Å². The number of carbonyl (C=O) groups is 2. The van der Waals surface area contributed by atoms with Gasteiger partial charge in [-0.2, -0.15) is 0 Å². The molecule has 2 saturated carbocycles. The van der Waals surface area contributed by atoms with E-state index in [0.29, 0.717) is 44.1 Å². The Morgan fingerprint density at radius 3 is 2.53 bits per heavy atom. The lowest BCUT2D eigenvalue weighted by Crippen LogP contribution is -2.59. The topological polar surface area (TPSA) is 104 Å². The minimum atomic E-state index is -1.11. The van der Waals surface area contributed by atoms with Crippen LogP contribution in [-0.4, -0.2) is 52.5 Å². The first-order valence-corrected chi connectivity index (χ1v) is 13.9. The summed E-state index contributed by atoms with van der Waals surface area (Å²) in [6.07, 6.45) is 13.1. The summed E-state index contributed by atoms with van der Waals surface area (Å²) in [6.45, 7) is 13.6. The highest BCUT2D eigenvalue weighted by molar-refractivity contribution is 5.74. The number of rotatable bonds is 12. The van der Waals surface area contributed by atoms with Crippen LogP contribution in [0.2, 0.25) is 0 Å². The van der Waals surface area contributed by atoms with Gasteiger partial charge in [0.2, 0.25) is 0 Å². The van der Waals surface area contributed by atoms with E-state index in [4.69, 9.17) is 4.74 Å². The number of allylic oxidation sites excluding steroid dienone is 7. The molecule has 0 radical (unpaired) electrons. The Morgan fingerprint density at radius 1 is 1.21 bits per heavy atom. The molecule has 212 valence electrons. The molecule has 0 saturated heterocycles. The lowest BCUT2D eigenvalue weighted by atomic mass is 9.52. The fraction of sp³-hybridized carbons (Fsp3) is 0.625. The lowest BCUT2D eigenvalue weighted by molar-refractivity contribution is -0.167. The normalized spacial score (nSPS) is 30.9. The van der Waals surface area contributed by atoms with Crippen LogP contribution in [0.5, 0.6) is 0 Å². The summed E-state index contributed by atoms with van der Waals surface area (Å²) in [4.78, 5) is 23.0. The van der Waals surface area contributed by atoms with Gasteiger partial charge in [0.25, 0.3) is 0 Å². The van der Waals surface area contributed by atoms with Crippen LogP contribution in [0.15, 0.2) is 58.7 Å². The molecular weight excluding hydrogens is 480 g/mol. The second-order valence-electron chi connectivity index (χ2n) is 11.5. The number of hydrogen-bond donors (Lipinski definition) is 3. The quantitative estimate of drug-likeness (QED) is 0.101. The Morgan fingerprint density at radius 2 is 1.92 bits per heavy atom. The van der Waals surface area contributed by atoms with Crippen molar-refractivity contribution in [3.8, 4) is 0 Å². The number of aliphatic hydroxyl groups is 3. The van der Waals surface area contributed by atoms with Crippen LogP contribution in [0, 0.1) is 17.3 Å². The van der Waals surface area contributed by atoms with E-state index >= 15 is 0 Å². The van der Waals surface area contributed by atoms with E-state index in [1.54, 1.807) is 6.92 Å². The van der Waals surface area contributed by atoms with Crippen molar-refractivity contribution in [1.29, 1.82) is 0 Å². The molecule has 0 bridgehead atoms. The molecule has 6 nitrogen and oxygen atoms in total. The summed E-state index contributed by atoms with van der Waals surface area (Å²) in [5, 5.41) is 33.1. The molecule has 1 spiro atoms. The zero-order valence-electron chi connectivity index (χ0n) is 24.0. The molecule has 0 aliphatic heterocycles. The molecule has 5 atom stereocenters. The van der Waals surface area contributed by atoms with Gasteiger partial charge in [0.05, 0.1) is 11.7 Å². The third-order valence-electron chi connectivity index (χ3n) is 8.64. The van der Waals surface area contributed by atoms with Gasteiger partial charge in [0, 0.05) is 24.9 Å². The lowest BCUT2D eigenvalue weighted by Gasteiger charge is -2.55. The summed E-state index contributed by atoms with van der Waals surface area (Å²) in [6, 6.07) is 0. The third kappa shape index (κ3) is 7.43. The Bertz CT molecular complexity index is 978. The molecule has 2 aliphatic rings. The Kier molecular flexibility index (Phi) is 11.9. The van der Waals surface area contributed by atoms with Crippen LogP contribution in [0.3, 0.4) is 0 Å². The first-order valence-electron chi connectivity index (χ1n) is 13.9. The maximum absolute atomic E-state index is 11.8. The van der Waals surface area contributed by atoms with Crippen molar-refractivity contribution in [2.75, 3.05) is 13.2 Å². The first-order chi connectivity index (χ1) is 17.9. The average molecular weight is 529 g/mol. The zero-order chi connectivity index (χ0) is 28.5. The maximum Gasteiger partial charge on any atom is 0.302 e. The van der Waals surface area contributed by atoms with Gasteiger partial charge in [-0.05, 0) is 102 Å². The molecule has 0 aromatic rings. The minimum absolute atomic E-state index is 0.0206. The van der Waals surface area contributed by atoms with Crippen LogP contribution in [0.25, 0.3) is 0 Å². The molecule has 38 heavy (non-hydrogen) atoms. The van der Waals surface area contributed by atoms with E-state index in [1.807, 2.05) is 25.2 Å². The highest BCUT2D eigenvalue weighted by Crippen LogP contribution is 2.62. The van der Waals surface area contributed by atoms with Crippen molar-refractivity contribution in [3.63, 3.8) is 0 Å². The fourth-order valence-electron chi connectivity index (χ4n) is 6.54. The fourth-order valence-corrected chi connectivity index (χ4v) is 6.54. The number of aldehydes is 1. The molecule has 6 heteroatoms. The molecule has 3 N–H and O–H groups in total. The largest absolute Gasteiger partial charge is 0.461 e. The van der Waals surface area contributed by atoms with Gasteiger partial charge in [-0.15, -0.1) is 0 Å². The number of esters is 1. The molecule has 0 amide bonds. The Labute approximate surface area is 228 Å². The third-order valence-corrected chi connectivity index (χ3v) is 8.64. The molecule has 2 fully saturated rings. The summed E-state index contributed by atoms with van der Waals surface area (Å²) in [5.41, 5.74) is 2.74. The van der Waals surface area contributed by atoms with Crippen molar-refractivity contribution in [2.24, 2.45) is 17.3 Å². The second-order valence-corrected chi connectivity index (χ2v) is 11.5. The molecule has 2 aliphatic carbocycles. The van der Waals surface area contributed by atoms with E-state index in [-0.39, 0.29) is 31.0 Å². The first kappa shape index (κ1) is 31.9. The Balaban J connectivity index is 2.31. The van der Waals surface area contributed by atoms with Crippen LogP contribution < -0.4 is 0 Å². The van der Waals surface area contributed by atoms with Crippen LogP contribution in [0.1, 0.15) is 86.0 Å². The standard InChI is InChI=1S/C32H48O6/c1-22(2)10-7-12-26(21-38-25(5)35)13-8-11-23(3)28-16-18-32(30(28)36)29(14-9-19-33)27(24(4)20-34)15-17-31(32,6)37/h8,10-11,13,20,28-30,33,36-37H,3,7,9,12,14-19,21H2,1-2,4-6H3/b11-8+,26-13-,27-24-/t28-,29-,30+,31+,32+/m1/s1. The van der Waals surface area contributed by atoms with Crippen molar-refractivity contribution < 1.29 is 29.6 Å². The van der Waals surface area contributed by atoms with Crippen molar-refractivity contribution in [1.82, 2.24) is 0 Å². The van der Waals surface area contributed by atoms with Crippen molar-refractivity contribution >= 4 is 12.3 Å². The van der Waals surface area contributed by atoms with Crippen molar-refractivity contribution in [3.05, 3.63) is 58.7 Å². The second kappa shape index (κ2) is 14.2. The Hall–Kier alpha value is -2.28.